The molecule has 2 aliphatic rings. The number of hydrogen-bond acceptors (Lipinski definition) is 5. The Balaban J connectivity index is 1.94. The van der Waals surface area contributed by atoms with Gasteiger partial charge in [0.15, 0.2) is 0 Å². The standard InChI is InChI=1S/C21H32N4O5/c1-3-19(26)22-10-11-23-21(28)30-18-9-7-5-6-8-17(16-18)25(29)14-12-24(13-15-25)20(27)4-2/h3-4,16,18H,1-2,5-15H2,(H,22,26)(H,23,28)/b17-16+. The fourth-order valence-corrected chi connectivity index (χ4v) is 3.67. The molecule has 1 aliphatic carbocycles. The van der Waals surface area contributed by atoms with Gasteiger partial charge in [-0.2, -0.15) is 0 Å². The first-order chi connectivity index (χ1) is 14.4. The summed E-state index contributed by atoms with van der Waals surface area (Å²) in [6, 6.07) is 0. The Hall–Kier alpha value is -2.65. The third kappa shape index (κ3) is 7.00. The van der Waals surface area contributed by atoms with Crippen LogP contribution in [0.5, 0.6) is 0 Å². The Kier molecular flexibility index (Phi) is 9.07. The van der Waals surface area contributed by atoms with Crippen molar-refractivity contribution in [2.75, 3.05) is 39.3 Å². The van der Waals surface area contributed by atoms with Gasteiger partial charge in [0.05, 0.1) is 13.1 Å². The van der Waals surface area contributed by atoms with E-state index in [0.29, 0.717) is 25.9 Å². The molecule has 0 spiro atoms. The second-order valence-electron chi connectivity index (χ2n) is 7.49. The number of rotatable bonds is 7. The molecule has 0 bridgehead atoms. The van der Waals surface area contributed by atoms with Gasteiger partial charge in [0.2, 0.25) is 11.8 Å². The van der Waals surface area contributed by atoms with Crippen LogP contribution in [0.1, 0.15) is 32.1 Å². The number of nitrogens with zero attached hydrogens (tertiary/aromatic N) is 2. The normalized spacial score (nSPS) is 23.0. The number of hydroxylamine groups is 3. The van der Waals surface area contributed by atoms with Crippen LogP contribution < -0.4 is 10.6 Å². The van der Waals surface area contributed by atoms with Crippen molar-refractivity contribution in [2.24, 2.45) is 0 Å². The molecule has 1 heterocycles. The van der Waals surface area contributed by atoms with Crippen molar-refractivity contribution in [3.05, 3.63) is 42.3 Å². The molecule has 2 rings (SSSR count). The first kappa shape index (κ1) is 23.6. The third-order valence-corrected chi connectivity index (χ3v) is 5.41. The Morgan fingerprint density at radius 1 is 1.13 bits per heavy atom. The highest BCUT2D eigenvalue weighted by atomic mass is 16.6. The summed E-state index contributed by atoms with van der Waals surface area (Å²) in [5.74, 6) is -0.466. The molecular weight excluding hydrogens is 388 g/mol. The van der Waals surface area contributed by atoms with Gasteiger partial charge in [0, 0.05) is 25.6 Å². The van der Waals surface area contributed by atoms with Crippen LogP contribution in [-0.2, 0) is 14.3 Å². The number of carbonyl (C=O) groups is 3. The molecule has 3 amide bonds. The number of amides is 3. The minimum absolute atomic E-state index is 0.157. The molecule has 1 aliphatic heterocycles. The maximum absolute atomic E-state index is 13.4. The molecule has 1 saturated heterocycles. The van der Waals surface area contributed by atoms with Gasteiger partial charge in [-0.1, -0.05) is 19.6 Å². The number of nitrogens with one attached hydrogen (secondary N) is 2. The van der Waals surface area contributed by atoms with Crippen LogP contribution in [-0.4, -0.2) is 72.8 Å². The van der Waals surface area contributed by atoms with E-state index in [1.807, 2.05) is 0 Å². The van der Waals surface area contributed by atoms with E-state index in [1.165, 1.54) is 6.08 Å². The number of ether oxygens (including phenoxy) is 1. The van der Waals surface area contributed by atoms with Crippen molar-refractivity contribution < 1.29 is 23.8 Å². The minimum Gasteiger partial charge on any atom is -0.627 e. The molecule has 30 heavy (non-hydrogen) atoms. The maximum Gasteiger partial charge on any atom is 0.407 e. The molecule has 9 heteroatoms. The highest BCUT2D eigenvalue weighted by Gasteiger charge is 2.32. The lowest BCUT2D eigenvalue weighted by atomic mass is 10.0. The third-order valence-electron chi connectivity index (χ3n) is 5.41. The number of carbonyl (C=O) groups excluding carboxylic acids is 3. The second kappa shape index (κ2) is 11.5. The average molecular weight is 421 g/mol. The lowest BCUT2D eigenvalue weighted by molar-refractivity contribution is -0.848. The van der Waals surface area contributed by atoms with Crippen LogP contribution in [0.4, 0.5) is 4.79 Å². The molecule has 166 valence electrons. The molecule has 1 unspecified atom stereocenters. The zero-order valence-corrected chi connectivity index (χ0v) is 17.4. The largest absolute Gasteiger partial charge is 0.627 e. The van der Waals surface area contributed by atoms with Gasteiger partial charge in [-0.15, -0.1) is 0 Å². The summed E-state index contributed by atoms with van der Waals surface area (Å²) in [7, 11) is 0. The predicted molar refractivity (Wildman–Crippen MR) is 113 cm³/mol. The smallest absolute Gasteiger partial charge is 0.407 e. The molecular formula is C21H32N4O5. The molecule has 0 aromatic carbocycles. The summed E-state index contributed by atoms with van der Waals surface area (Å²) in [5, 5.41) is 18.6. The summed E-state index contributed by atoms with van der Waals surface area (Å²) in [5.41, 5.74) is 0.719. The van der Waals surface area contributed by atoms with Gasteiger partial charge >= 0.3 is 6.09 Å². The van der Waals surface area contributed by atoms with Crippen LogP contribution in [0.15, 0.2) is 37.1 Å². The number of hydrogen-bond donors (Lipinski definition) is 2. The SMILES string of the molecule is C=CC(=O)NCCNC(=O)OC1/C=C(/[N+]2([O-])CCN(C(=O)C=C)CC2)CCCCC1. The van der Waals surface area contributed by atoms with E-state index in [-0.39, 0.29) is 38.0 Å². The zero-order valence-electron chi connectivity index (χ0n) is 17.4. The number of alkyl carbamates (subject to hydrolysis) is 1. The summed E-state index contributed by atoms with van der Waals surface area (Å²) < 4.78 is 5.04. The van der Waals surface area contributed by atoms with Gasteiger partial charge in [0.25, 0.3) is 0 Å². The monoisotopic (exact) mass is 420 g/mol. The summed E-state index contributed by atoms with van der Waals surface area (Å²) >= 11 is 0. The van der Waals surface area contributed by atoms with E-state index in [9.17, 15) is 19.6 Å². The van der Waals surface area contributed by atoms with Crippen molar-refractivity contribution >= 4 is 17.9 Å². The van der Waals surface area contributed by atoms with Crippen LogP contribution >= 0.6 is 0 Å². The zero-order chi connectivity index (χ0) is 22.0. The van der Waals surface area contributed by atoms with Crippen LogP contribution in [0.2, 0.25) is 0 Å². The summed E-state index contributed by atoms with van der Waals surface area (Å²) in [6.07, 6.45) is 7.30. The molecule has 0 radical (unpaired) electrons. The van der Waals surface area contributed by atoms with Gasteiger partial charge in [-0.3, -0.25) is 9.59 Å². The Morgan fingerprint density at radius 3 is 2.50 bits per heavy atom. The van der Waals surface area contributed by atoms with Crippen LogP contribution in [0.25, 0.3) is 0 Å². The molecule has 2 N–H and O–H groups in total. The minimum atomic E-state index is -0.581. The molecule has 0 aromatic heterocycles. The van der Waals surface area contributed by atoms with E-state index in [2.05, 4.69) is 23.8 Å². The van der Waals surface area contributed by atoms with E-state index in [0.717, 1.165) is 31.0 Å². The Bertz CT molecular complexity index is 683. The quantitative estimate of drug-likeness (QED) is 0.281. The highest BCUT2D eigenvalue weighted by molar-refractivity contribution is 5.87. The van der Waals surface area contributed by atoms with Crippen molar-refractivity contribution in [3.63, 3.8) is 0 Å². The Morgan fingerprint density at radius 2 is 1.83 bits per heavy atom. The van der Waals surface area contributed by atoms with Gasteiger partial charge < -0.3 is 30.1 Å². The summed E-state index contributed by atoms with van der Waals surface area (Å²) in [6.45, 7) is 8.69. The van der Waals surface area contributed by atoms with Gasteiger partial charge in [-0.25, -0.2) is 4.79 Å². The van der Waals surface area contributed by atoms with Gasteiger partial charge in [-0.05, 0) is 31.4 Å². The fraction of sp³-hybridized carbons (Fsp3) is 0.571. The number of piperazine rings is 1. The lowest BCUT2D eigenvalue weighted by Gasteiger charge is -2.49. The van der Waals surface area contributed by atoms with Crippen molar-refractivity contribution in [3.8, 4) is 0 Å². The predicted octanol–water partition coefficient (Wildman–Crippen LogP) is 1.57. The maximum atomic E-state index is 13.4. The van der Waals surface area contributed by atoms with E-state index >= 15 is 0 Å². The lowest BCUT2D eigenvalue weighted by Crippen LogP contribution is -2.56. The van der Waals surface area contributed by atoms with Gasteiger partial charge in [0.1, 0.15) is 24.9 Å². The summed E-state index contributed by atoms with van der Waals surface area (Å²) in [4.78, 5) is 36.6. The van der Waals surface area contributed by atoms with Crippen LogP contribution in [0, 0.1) is 5.21 Å². The van der Waals surface area contributed by atoms with E-state index < -0.39 is 16.8 Å². The average Bonchev–Trinajstić information content (AvgIpc) is 2.72. The van der Waals surface area contributed by atoms with Crippen molar-refractivity contribution in [1.82, 2.24) is 15.5 Å². The van der Waals surface area contributed by atoms with Crippen molar-refractivity contribution in [2.45, 2.75) is 38.2 Å². The first-order valence-corrected chi connectivity index (χ1v) is 10.4. The highest BCUT2D eigenvalue weighted by Crippen LogP contribution is 2.28. The first-order valence-electron chi connectivity index (χ1n) is 10.4. The molecule has 0 aromatic rings. The number of allylic oxidation sites excluding steroid dienone is 1. The van der Waals surface area contributed by atoms with Crippen molar-refractivity contribution in [1.29, 1.82) is 0 Å². The topological polar surface area (TPSA) is 111 Å². The van der Waals surface area contributed by atoms with E-state index in [1.54, 1.807) is 11.0 Å². The second-order valence-corrected chi connectivity index (χ2v) is 7.49. The van der Waals surface area contributed by atoms with Crippen LogP contribution in [0.3, 0.4) is 0 Å². The van der Waals surface area contributed by atoms with E-state index in [4.69, 9.17) is 4.74 Å². The molecule has 0 saturated carbocycles. The molecule has 9 nitrogen and oxygen atoms in total. The Labute approximate surface area is 177 Å². The number of quaternary nitrogens is 1. The fourth-order valence-electron chi connectivity index (χ4n) is 3.67. The molecule has 1 atom stereocenters. The molecule has 1 fully saturated rings.